The van der Waals surface area contributed by atoms with E-state index in [1.807, 2.05) is 29.2 Å². The van der Waals surface area contributed by atoms with E-state index in [2.05, 4.69) is 4.90 Å². The monoisotopic (exact) mass is 378 g/mol. The number of carbonyl (C=O) groups excluding carboxylic acids is 1. The van der Waals surface area contributed by atoms with Crippen LogP contribution in [0.2, 0.25) is 10.0 Å². The van der Waals surface area contributed by atoms with Crippen molar-refractivity contribution in [3.8, 4) is 5.75 Å². The number of hydrogen-bond acceptors (Lipinski definition) is 3. The fourth-order valence-electron chi connectivity index (χ4n) is 2.88. The summed E-state index contributed by atoms with van der Waals surface area (Å²) in [7, 11) is 0. The molecule has 1 aliphatic rings. The molecule has 2 aromatic carbocycles. The Labute approximate surface area is 157 Å². The quantitative estimate of drug-likeness (QED) is 0.802. The Morgan fingerprint density at radius 2 is 1.68 bits per heavy atom. The lowest BCUT2D eigenvalue weighted by molar-refractivity contribution is -0.138. The molecular formula is C19H20Cl2N2O2. The van der Waals surface area contributed by atoms with Crippen molar-refractivity contribution in [1.82, 2.24) is 4.90 Å². The van der Waals surface area contributed by atoms with Gasteiger partial charge in [0.25, 0.3) is 5.91 Å². The van der Waals surface area contributed by atoms with Gasteiger partial charge in [-0.15, -0.1) is 0 Å². The van der Waals surface area contributed by atoms with Crippen molar-refractivity contribution in [3.05, 3.63) is 58.6 Å². The Morgan fingerprint density at radius 1 is 1.00 bits per heavy atom. The molecule has 0 N–H and O–H groups in total. The first-order valence-corrected chi connectivity index (χ1v) is 9.00. The van der Waals surface area contributed by atoms with Gasteiger partial charge in [-0.1, -0.05) is 29.3 Å². The Kier molecular flexibility index (Phi) is 5.71. The van der Waals surface area contributed by atoms with Crippen LogP contribution in [-0.2, 0) is 4.79 Å². The van der Waals surface area contributed by atoms with Gasteiger partial charge in [0.1, 0.15) is 5.75 Å². The molecule has 0 aliphatic carbocycles. The predicted molar refractivity (Wildman–Crippen MR) is 102 cm³/mol. The lowest BCUT2D eigenvalue weighted by atomic mass is 10.2. The molecule has 0 bridgehead atoms. The molecule has 0 saturated carbocycles. The van der Waals surface area contributed by atoms with Crippen molar-refractivity contribution in [2.75, 3.05) is 31.1 Å². The minimum atomic E-state index is -0.529. The van der Waals surface area contributed by atoms with E-state index in [9.17, 15) is 4.79 Å². The first-order chi connectivity index (χ1) is 12.0. The van der Waals surface area contributed by atoms with Crippen LogP contribution >= 0.6 is 23.2 Å². The average Bonchev–Trinajstić information content (AvgIpc) is 2.63. The van der Waals surface area contributed by atoms with Crippen LogP contribution in [0, 0.1) is 0 Å². The van der Waals surface area contributed by atoms with Crippen LogP contribution in [0.15, 0.2) is 48.5 Å². The molecule has 1 unspecified atom stereocenters. The lowest BCUT2D eigenvalue weighted by Crippen LogP contribution is -2.52. The largest absolute Gasteiger partial charge is 0.481 e. The van der Waals surface area contributed by atoms with Crippen LogP contribution in [0.25, 0.3) is 0 Å². The second-order valence-corrected chi connectivity index (χ2v) is 6.88. The van der Waals surface area contributed by atoms with E-state index in [1.165, 1.54) is 0 Å². The van der Waals surface area contributed by atoms with Crippen molar-refractivity contribution in [2.45, 2.75) is 13.0 Å². The van der Waals surface area contributed by atoms with Gasteiger partial charge in [-0.25, -0.2) is 0 Å². The third kappa shape index (κ3) is 4.59. The first-order valence-electron chi connectivity index (χ1n) is 8.24. The molecule has 25 heavy (non-hydrogen) atoms. The standard InChI is InChI=1S/C19H20Cl2N2O2/c1-14(25-18-7-5-15(20)6-8-18)19(24)23-11-9-22(10-12-23)17-4-2-3-16(21)13-17/h2-8,13-14H,9-12H2,1H3. The number of halogens is 2. The maximum Gasteiger partial charge on any atom is 0.263 e. The number of anilines is 1. The normalized spacial score (nSPS) is 15.8. The number of benzene rings is 2. The summed E-state index contributed by atoms with van der Waals surface area (Å²) >= 11 is 11.9. The molecule has 6 heteroatoms. The molecule has 132 valence electrons. The Bertz CT molecular complexity index is 728. The number of nitrogens with zero attached hydrogens (tertiary/aromatic N) is 2. The molecule has 0 radical (unpaired) electrons. The molecular weight excluding hydrogens is 359 g/mol. The molecule has 1 heterocycles. The van der Waals surface area contributed by atoms with Crippen molar-refractivity contribution in [2.24, 2.45) is 0 Å². The van der Waals surface area contributed by atoms with Crippen LogP contribution in [0.4, 0.5) is 5.69 Å². The average molecular weight is 379 g/mol. The zero-order chi connectivity index (χ0) is 17.8. The van der Waals surface area contributed by atoms with E-state index in [4.69, 9.17) is 27.9 Å². The lowest BCUT2D eigenvalue weighted by Gasteiger charge is -2.37. The molecule has 1 aliphatic heterocycles. The number of amides is 1. The Morgan fingerprint density at radius 3 is 2.32 bits per heavy atom. The molecule has 4 nitrogen and oxygen atoms in total. The van der Waals surface area contributed by atoms with Crippen LogP contribution in [0.5, 0.6) is 5.75 Å². The number of hydrogen-bond donors (Lipinski definition) is 0. The highest BCUT2D eigenvalue weighted by Gasteiger charge is 2.26. The third-order valence-corrected chi connectivity index (χ3v) is 4.73. The predicted octanol–water partition coefficient (Wildman–Crippen LogP) is 4.11. The van der Waals surface area contributed by atoms with Crippen LogP contribution in [0.3, 0.4) is 0 Å². The van der Waals surface area contributed by atoms with Crippen LogP contribution in [0.1, 0.15) is 6.92 Å². The highest BCUT2D eigenvalue weighted by Crippen LogP contribution is 2.21. The highest BCUT2D eigenvalue weighted by molar-refractivity contribution is 6.31. The second kappa shape index (κ2) is 7.98. The fourth-order valence-corrected chi connectivity index (χ4v) is 3.19. The summed E-state index contributed by atoms with van der Waals surface area (Å²) < 4.78 is 5.73. The van der Waals surface area contributed by atoms with Gasteiger partial charge < -0.3 is 14.5 Å². The fraction of sp³-hybridized carbons (Fsp3) is 0.316. The topological polar surface area (TPSA) is 32.8 Å². The van der Waals surface area contributed by atoms with Crippen LogP contribution in [-0.4, -0.2) is 43.1 Å². The summed E-state index contributed by atoms with van der Waals surface area (Å²) in [5.41, 5.74) is 1.09. The second-order valence-electron chi connectivity index (χ2n) is 6.01. The molecule has 1 amide bonds. The smallest absolute Gasteiger partial charge is 0.263 e. The molecule has 1 fully saturated rings. The zero-order valence-electron chi connectivity index (χ0n) is 14.0. The van der Waals surface area contributed by atoms with E-state index in [1.54, 1.807) is 31.2 Å². The molecule has 1 atom stereocenters. The van der Waals surface area contributed by atoms with Gasteiger partial charge in [-0.05, 0) is 49.4 Å². The molecule has 0 spiro atoms. The van der Waals surface area contributed by atoms with Crippen molar-refractivity contribution in [1.29, 1.82) is 0 Å². The number of ether oxygens (including phenoxy) is 1. The van der Waals surface area contributed by atoms with E-state index in [-0.39, 0.29) is 5.91 Å². The van der Waals surface area contributed by atoms with Gasteiger partial charge in [0.2, 0.25) is 0 Å². The van der Waals surface area contributed by atoms with Crippen molar-refractivity contribution in [3.63, 3.8) is 0 Å². The summed E-state index contributed by atoms with van der Waals surface area (Å²) in [5, 5.41) is 1.37. The van der Waals surface area contributed by atoms with Crippen LogP contribution < -0.4 is 9.64 Å². The Hall–Kier alpha value is -1.91. The van der Waals surface area contributed by atoms with Gasteiger partial charge in [0, 0.05) is 41.9 Å². The summed E-state index contributed by atoms with van der Waals surface area (Å²) in [6.45, 7) is 4.67. The van der Waals surface area contributed by atoms with Gasteiger partial charge in [-0.3, -0.25) is 4.79 Å². The van der Waals surface area contributed by atoms with Gasteiger partial charge in [-0.2, -0.15) is 0 Å². The first kappa shape index (κ1) is 17.9. The van der Waals surface area contributed by atoms with Crippen molar-refractivity contribution < 1.29 is 9.53 Å². The van der Waals surface area contributed by atoms with E-state index in [0.717, 1.165) is 23.8 Å². The molecule has 0 aromatic heterocycles. The van der Waals surface area contributed by atoms with Gasteiger partial charge in [0.15, 0.2) is 6.10 Å². The molecule has 2 aromatic rings. The summed E-state index contributed by atoms with van der Waals surface area (Å²) in [5.74, 6) is 0.642. The molecule has 1 saturated heterocycles. The maximum absolute atomic E-state index is 12.6. The van der Waals surface area contributed by atoms with Gasteiger partial charge in [0.05, 0.1) is 0 Å². The Balaban J connectivity index is 1.54. The zero-order valence-corrected chi connectivity index (χ0v) is 15.5. The maximum atomic E-state index is 12.6. The summed E-state index contributed by atoms with van der Waals surface area (Å²) in [4.78, 5) is 16.7. The highest BCUT2D eigenvalue weighted by atomic mass is 35.5. The number of carbonyl (C=O) groups is 1. The summed E-state index contributed by atoms with van der Waals surface area (Å²) in [6.07, 6.45) is -0.529. The van der Waals surface area contributed by atoms with Crippen molar-refractivity contribution >= 4 is 34.8 Å². The molecule has 3 rings (SSSR count). The third-order valence-electron chi connectivity index (χ3n) is 4.24. The van der Waals surface area contributed by atoms with Gasteiger partial charge >= 0.3 is 0 Å². The number of piperazine rings is 1. The van der Waals surface area contributed by atoms with E-state index < -0.39 is 6.10 Å². The van der Waals surface area contributed by atoms with E-state index >= 15 is 0 Å². The SMILES string of the molecule is CC(Oc1ccc(Cl)cc1)C(=O)N1CCN(c2cccc(Cl)c2)CC1. The number of rotatable bonds is 4. The minimum absolute atomic E-state index is 0.000643. The van der Waals surface area contributed by atoms with E-state index in [0.29, 0.717) is 23.9 Å². The summed E-state index contributed by atoms with van der Waals surface area (Å²) in [6, 6.07) is 14.8. The minimum Gasteiger partial charge on any atom is -0.481 e.